The highest BCUT2D eigenvalue weighted by Gasteiger charge is 2.35. The molecule has 1 fully saturated rings. The van der Waals surface area contributed by atoms with Gasteiger partial charge in [0.15, 0.2) is 0 Å². The molecule has 5 heteroatoms. The zero-order valence-electron chi connectivity index (χ0n) is 12.9. The lowest BCUT2D eigenvalue weighted by molar-refractivity contribution is -0.189. The van der Waals surface area contributed by atoms with E-state index in [1.54, 1.807) is 20.8 Å². The van der Waals surface area contributed by atoms with Gasteiger partial charge in [0.25, 0.3) is 0 Å². The fraction of sp³-hybridized carbons (Fsp3) is 0.750. The number of aliphatic hydroxyl groups is 1. The molecule has 0 radical (unpaired) electrons. The van der Waals surface area contributed by atoms with Crippen molar-refractivity contribution in [1.29, 1.82) is 0 Å². The van der Waals surface area contributed by atoms with E-state index in [1.165, 1.54) is 0 Å². The summed E-state index contributed by atoms with van der Waals surface area (Å²) in [4.78, 5) is 23.4. The van der Waals surface area contributed by atoms with Gasteiger partial charge in [0.1, 0.15) is 12.5 Å². The van der Waals surface area contributed by atoms with Crippen molar-refractivity contribution in [2.45, 2.75) is 58.8 Å². The smallest absolute Gasteiger partial charge is 0.319 e. The van der Waals surface area contributed by atoms with Crippen LogP contribution in [0, 0.1) is 17.3 Å². The largest absolute Gasteiger partial charge is 0.461 e. The van der Waals surface area contributed by atoms with Gasteiger partial charge < -0.3 is 14.6 Å². The summed E-state index contributed by atoms with van der Waals surface area (Å²) in [5, 5.41) is 9.67. The number of allylic oxidation sites excluding steroid dienone is 1. The molecular formula is C16H24O5. The van der Waals surface area contributed by atoms with Crippen molar-refractivity contribution in [3.63, 3.8) is 0 Å². The van der Waals surface area contributed by atoms with Crippen molar-refractivity contribution in [1.82, 2.24) is 0 Å². The molecule has 0 spiro atoms. The molecule has 0 saturated heterocycles. The number of hydrogen-bond acceptors (Lipinski definition) is 5. The van der Waals surface area contributed by atoms with Crippen LogP contribution in [0.25, 0.3) is 0 Å². The lowest BCUT2D eigenvalue weighted by Gasteiger charge is -2.37. The molecule has 3 aliphatic rings. The molecule has 0 aromatic rings. The lowest BCUT2D eigenvalue weighted by atomic mass is 9.74. The van der Waals surface area contributed by atoms with Gasteiger partial charge in [0.2, 0.25) is 6.29 Å². The summed E-state index contributed by atoms with van der Waals surface area (Å²) in [6.07, 6.45) is 5.51. The van der Waals surface area contributed by atoms with Crippen molar-refractivity contribution in [3.8, 4) is 0 Å². The highest BCUT2D eigenvalue weighted by Crippen LogP contribution is 2.37. The van der Waals surface area contributed by atoms with E-state index < -0.39 is 30.1 Å². The molecule has 0 amide bonds. The Labute approximate surface area is 125 Å². The molecule has 0 heterocycles. The summed E-state index contributed by atoms with van der Waals surface area (Å²) >= 11 is 0. The zero-order chi connectivity index (χ0) is 15.6. The molecule has 0 aliphatic heterocycles. The van der Waals surface area contributed by atoms with Gasteiger partial charge in [0, 0.05) is 11.3 Å². The molecule has 21 heavy (non-hydrogen) atoms. The Balaban J connectivity index is 1.77. The Hall–Kier alpha value is -1.36. The van der Waals surface area contributed by atoms with Gasteiger partial charge in [-0.2, -0.15) is 0 Å². The second-order valence-corrected chi connectivity index (χ2v) is 7.04. The minimum atomic E-state index is -1.23. The number of carbonyl (C=O) groups excluding carboxylic acids is 2. The Bertz CT molecular complexity index is 434. The van der Waals surface area contributed by atoms with E-state index in [-0.39, 0.29) is 12.0 Å². The van der Waals surface area contributed by atoms with E-state index in [0.717, 1.165) is 19.3 Å². The number of rotatable bonds is 4. The molecule has 5 nitrogen and oxygen atoms in total. The van der Waals surface area contributed by atoms with Crippen molar-refractivity contribution in [2.24, 2.45) is 17.3 Å². The number of carbonyl (C=O) groups is 2. The second kappa shape index (κ2) is 6.18. The normalized spacial score (nSPS) is 29.0. The maximum absolute atomic E-state index is 11.8. The number of fused-ring (bicyclic) bond motifs is 2. The van der Waals surface area contributed by atoms with Crippen LogP contribution in [0.5, 0.6) is 0 Å². The van der Waals surface area contributed by atoms with Gasteiger partial charge >= 0.3 is 11.9 Å². The molecule has 118 valence electrons. The summed E-state index contributed by atoms with van der Waals surface area (Å²) in [5.41, 5.74) is -0.577. The summed E-state index contributed by atoms with van der Waals surface area (Å²) in [7, 11) is 0. The summed E-state index contributed by atoms with van der Waals surface area (Å²) in [6.45, 7) is 5.23. The van der Waals surface area contributed by atoms with Crippen molar-refractivity contribution >= 4 is 11.9 Å². The first-order valence-electron chi connectivity index (χ1n) is 7.51. The van der Waals surface area contributed by atoms with Crippen LogP contribution < -0.4 is 0 Å². The van der Waals surface area contributed by atoms with Gasteiger partial charge in [0.05, 0.1) is 0 Å². The molecule has 2 bridgehead atoms. The first-order chi connectivity index (χ1) is 9.75. The fourth-order valence-electron chi connectivity index (χ4n) is 2.69. The monoisotopic (exact) mass is 296 g/mol. The predicted octanol–water partition coefficient (Wildman–Crippen LogP) is 2.18. The predicted molar refractivity (Wildman–Crippen MR) is 76.0 cm³/mol. The van der Waals surface area contributed by atoms with E-state index in [4.69, 9.17) is 9.47 Å². The molecule has 1 N–H and O–H groups in total. The van der Waals surface area contributed by atoms with Crippen LogP contribution in [0.3, 0.4) is 0 Å². The average molecular weight is 296 g/mol. The fourth-order valence-corrected chi connectivity index (χ4v) is 2.69. The number of aliphatic hydroxyl groups excluding tert-OH is 1. The van der Waals surface area contributed by atoms with Crippen LogP contribution in [0.2, 0.25) is 0 Å². The van der Waals surface area contributed by atoms with E-state index in [9.17, 15) is 14.7 Å². The minimum absolute atomic E-state index is 0.124. The molecular weight excluding hydrogens is 272 g/mol. The minimum Gasteiger partial charge on any atom is -0.461 e. The van der Waals surface area contributed by atoms with Crippen LogP contribution in [0.4, 0.5) is 0 Å². The lowest BCUT2D eigenvalue weighted by Crippen LogP contribution is -2.36. The third kappa shape index (κ3) is 4.30. The summed E-state index contributed by atoms with van der Waals surface area (Å²) in [5.74, 6) is -0.566. The molecule has 4 atom stereocenters. The van der Waals surface area contributed by atoms with Gasteiger partial charge in [-0.05, 0) is 25.2 Å². The van der Waals surface area contributed by atoms with E-state index in [0.29, 0.717) is 5.92 Å². The van der Waals surface area contributed by atoms with Gasteiger partial charge in [-0.1, -0.05) is 32.9 Å². The number of hydrogen-bond donors (Lipinski definition) is 1. The first kappa shape index (κ1) is 16.0. The molecule has 4 unspecified atom stereocenters. The molecule has 3 rings (SSSR count). The standard InChI is InChI=1S/C16H24O5/c1-16(2,3)15(19)21-14(18)9-13(17)20-12-8-10-4-6-11(12)7-5-10/h4,6,10-12,15,19H,5,7-9H2,1-3H3. The quantitative estimate of drug-likeness (QED) is 0.372. The molecule has 3 aliphatic carbocycles. The third-order valence-corrected chi connectivity index (χ3v) is 4.07. The Morgan fingerprint density at radius 3 is 2.43 bits per heavy atom. The SMILES string of the molecule is CC(C)(C)C(O)OC(=O)CC(=O)OC1CC2C=CC1CC2. The Morgan fingerprint density at radius 1 is 1.24 bits per heavy atom. The van der Waals surface area contributed by atoms with E-state index in [2.05, 4.69) is 12.2 Å². The van der Waals surface area contributed by atoms with Crippen LogP contribution in [-0.2, 0) is 19.1 Å². The van der Waals surface area contributed by atoms with Crippen molar-refractivity contribution in [3.05, 3.63) is 12.2 Å². The first-order valence-corrected chi connectivity index (χ1v) is 7.51. The van der Waals surface area contributed by atoms with Crippen LogP contribution in [-0.4, -0.2) is 29.4 Å². The topological polar surface area (TPSA) is 72.8 Å². The van der Waals surface area contributed by atoms with E-state index in [1.807, 2.05) is 0 Å². The second-order valence-electron chi connectivity index (χ2n) is 7.04. The highest BCUT2D eigenvalue weighted by atomic mass is 16.6. The van der Waals surface area contributed by atoms with Crippen LogP contribution in [0.15, 0.2) is 12.2 Å². The van der Waals surface area contributed by atoms with Crippen molar-refractivity contribution < 1.29 is 24.2 Å². The summed E-state index contributed by atoms with van der Waals surface area (Å²) < 4.78 is 10.2. The number of esters is 2. The van der Waals surface area contributed by atoms with E-state index >= 15 is 0 Å². The third-order valence-electron chi connectivity index (χ3n) is 4.07. The average Bonchev–Trinajstić information content (AvgIpc) is 2.38. The van der Waals surface area contributed by atoms with Gasteiger partial charge in [-0.25, -0.2) is 0 Å². The summed E-state index contributed by atoms with van der Waals surface area (Å²) in [6, 6.07) is 0. The zero-order valence-corrected chi connectivity index (χ0v) is 12.9. The highest BCUT2D eigenvalue weighted by molar-refractivity contribution is 5.91. The van der Waals surface area contributed by atoms with Gasteiger partial charge in [-0.3, -0.25) is 9.59 Å². The number of ether oxygens (including phenoxy) is 2. The Kier molecular flexibility index (Phi) is 4.71. The molecule has 0 aromatic carbocycles. The van der Waals surface area contributed by atoms with Gasteiger partial charge in [-0.15, -0.1) is 0 Å². The molecule has 1 saturated carbocycles. The van der Waals surface area contributed by atoms with Crippen LogP contribution in [0.1, 0.15) is 46.5 Å². The maximum atomic E-state index is 11.8. The molecule has 0 aromatic heterocycles. The van der Waals surface area contributed by atoms with Crippen molar-refractivity contribution in [2.75, 3.05) is 0 Å². The maximum Gasteiger partial charge on any atom is 0.319 e. The van der Waals surface area contributed by atoms with Crippen LogP contribution >= 0.6 is 0 Å². The Morgan fingerprint density at radius 2 is 1.95 bits per heavy atom.